The third-order valence-electron chi connectivity index (χ3n) is 2.16. The van der Waals surface area contributed by atoms with Gasteiger partial charge in [0.1, 0.15) is 0 Å². The van der Waals surface area contributed by atoms with Crippen LogP contribution in [0, 0.1) is 0 Å². The summed E-state index contributed by atoms with van der Waals surface area (Å²) in [5.41, 5.74) is 2.16. The predicted octanol–water partition coefficient (Wildman–Crippen LogP) is 2.68. The summed E-state index contributed by atoms with van der Waals surface area (Å²) in [7, 11) is 0. The number of allylic oxidation sites excluding steroid dienone is 3. The van der Waals surface area contributed by atoms with Crippen LogP contribution in [0.15, 0.2) is 41.5 Å². The highest BCUT2D eigenvalue weighted by molar-refractivity contribution is 8.04. The Hall–Kier alpha value is -1.35. The number of hydrogen-bond acceptors (Lipinski definition) is 3. The Morgan fingerprint density at radius 3 is 2.80 bits per heavy atom. The van der Waals surface area contributed by atoms with Gasteiger partial charge < -0.3 is 0 Å². The molecule has 15 heavy (non-hydrogen) atoms. The van der Waals surface area contributed by atoms with Crippen LogP contribution in [0.25, 0.3) is 5.57 Å². The third-order valence-corrected chi connectivity index (χ3v) is 3.35. The van der Waals surface area contributed by atoms with Crippen LogP contribution >= 0.6 is 11.8 Å². The Labute approximate surface area is 93.1 Å². The van der Waals surface area contributed by atoms with Crippen LogP contribution in [-0.4, -0.2) is 16.5 Å². The lowest BCUT2D eigenvalue weighted by Crippen LogP contribution is -2.00. The molecule has 1 aliphatic heterocycles. The van der Waals surface area contributed by atoms with Crippen LogP contribution in [0.4, 0.5) is 0 Å². The largest absolute Gasteiger partial charge is 0.294 e. The maximum atomic E-state index is 11.1. The smallest absolute Gasteiger partial charge is 0.166 e. The minimum absolute atomic E-state index is 0.135. The molecule has 3 heteroatoms. The van der Waals surface area contributed by atoms with Crippen molar-refractivity contribution in [3.05, 3.63) is 47.1 Å². The van der Waals surface area contributed by atoms with Gasteiger partial charge in [-0.3, -0.25) is 9.78 Å². The molecule has 0 N–H and O–H groups in total. The van der Waals surface area contributed by atoms with Gasteiger partial charge in [0.15, 0.2) is 5.78 Å². The highest BCUT2D eigenvalue weighted by atomic mass is 32.2. The first-order valence-corrected chi connectivity index (χ1v) is 5.72. The summed E-state index contributed by atoms with van der Waals surface area (Å²) < 4.78 is 0. The number of ketones is 1. The lowest BCUT2D eigenvalue weighted by molar-refractivity contribution is -0.112. The Morgan fingerprint density at radius 1 is 1.40 bits per heavy atom. The Kier molecular flexibility index (Phi) is 3.02. The molecule has 0 aliphatic carbocycles. The summed E-state index contributed by atoms with van der Waals surface area (Å²) >= 11 is 1.58. The van der Waals surface area contributed by atoms with Gasteiger partial charge in [0, 0.05) is 11.9 Å². The SMILES string of the molecule is CC(=O)C1=CC=C(c2ccccn2)CS1. The highest BCUT2D eigenvalue weighted by Crippen LogP contribution is 2.28. The molecule has 0 saturated carbocycles. The fraction of sp³-hybridized carbons (Fsp3) is 0.167. The first-order chi connectivity index (χ1) is 7.27. The van der Waals surface area contributed by atoms with E-state index in [9.17, 15) is 4.79 Å². The Bertz CT molecular complexity index is 434. The lowest BCUT2D eigenvalue weighted by Gasteiger charge is -2.11. The maximum absolute atomic E-state index is 11.1. The molecule has 0 saturated heterocycles. The van der Waals surface area contributed by atoms with Crippen molar-refractivity contribution >= 4 is 23.1 Å². The van der Waals surface area contributed by atoms with Crippen molar-refractivity contribution in [3.63, 3.8) is 0 Å². The van der Waals surface area contributed by atoms with Crippen molar-refractivity contribution in [2.75, 3.05) is 5.75 Å². The average Bonchev–Trinajstić information content (AvgIpc) is 2.30. The van der Waals surface area contributed by atoms with E-state index in [1.165, 1.54) is 5.57 Å². The van der Waals surface area contributed by atoms with E-state index in [2.05, 4.69) is 4.98 Å². The van der Waals surface area contributed by atoms with E-state index < -0.39 is 0 Å². The molecule has 0 atom stereocenters. The van der Waals surface area contributed by atoms with Gasteiger partial charge >= 0.3 is 0 Å². The van der Waals surface area contributed by atoms with Crippen LogP contribution < -0.4 is 0 Å². The number of rotatable bonds is 2. The molecular weight excluding hydrogens is 206 g/mol. The number of carbonyl (C=O) groups is 1. The fourth-order valence-electron chi connectivity index (χ4n) is 1.36. The van der Waals surface area contributed by atoms with E-state index in [1.54, 1.807) is 24.9 Å². The molecule has 0 aromatic carbocycles. The fourth-order valence-corrected chi connectivity index (χ4v) is 2.28. The predicted molar refractivity (Wildman–Crippen MR) is 63.4 cm³/mol. The summed E-state index contributed by atoms with van der Waals surface area (Å²) in [4.78, 5) is 16.2. The molecule has 2 nitrogen and oxygen atoms in total. The zero-order valence-electron chi connectivity index (χ0n) is 8.43. The van der Waals surface area contributed by atoms with Crippen LogP contribution in [0.1, 0.15) is 12.6 Å². The van der Waals surface area contributed by atoms with E-state index >= 15 is 0 Å². The van der Waals surface area contributed by atoms with Crippen molar-refractivity contribution in [2.24, 2.45) is 0 Å². The summed E-state index contributed by atoms with van der Waals surface area (Å²) in [6, 6.07) is 5.86. The first-order valence-electron chi connectivity index (χ1n) is 4.73. The second-order valence-corrected chi connectivity index (χ2v) is 4.30. The maximum Gasteiger partial charge on any atom is 0.166 e. The lowest BCUT2D eigenvalue weighted by atomic mass is 10.1. The number of aromatic nitrogens is 1. The molecule has 0 spiro atoms. The normalized spacial score (nSPS) is 15.5. The van der Waals surface area contributed by atoms with Gasteiger partial charge in [0.05, 0.1) is 10.6 Å². The second kappa shape index (κ2) is 4.45. The molecule has 2 rings (SSSR count). The van der Waals surface area contributed by atoms with Crippen molar-refractivity contribution in [1.29, 1.82) is 0 Å². The quantitative estimate of drug-likeness (QED) is 0.763. The number of Topliss-reactive ketones (excluding diaryl/α,β-unsaturated/α-hetero) is 1. The van der Waals surface area contributed by atoms with Gasteiger partial charge in [-0.25, -0.2) is 0 Å². The summed E-state index contributed by atoms with van der Waals surface area (Å²) in [6.45, 7) is 1.60. The number of hydrogen-bond donors (Lipinski definition) is 0. The molecule has 1 aromatic heterocycles. The van der Waals surface area contributed by atoms with Crippen LogP contribution in [0.5, 0.6) is 0 Å². The Morgan fingerprint density at radius 2 is 2.27 bits per heavy atom. The first kappa shape index (κ1) is 10.2. The molecule has 0 unspecified atom stereocenters. The number of carbonyl (C=O) groups excluding carboxylic acids is 1. The van der Waals surface area contributed by atoms with Gasteiger partial charge in [-0.15, -0.1) is 11.8 Å². The monoisotopic (exact) mass is 217 g/mol. The van der Waals surface area contributed by atoms with Gasteiger partial charge in [0.25, 0.3) is 0 Å². The minimum atomic E-state index is 0.135. The zero-order chi connectivity index (χ0) is 10.7. The molecule has 0 fully saturated rings. The zero-order valence-corrected chi connectivity index (χ0v) is 9.25. The molecule has 0 radical (unpaired) electrons. The van der Waals surface area contributed by atoms with Gasteiger partial charge in [0.2, 0.25) is 0 Å². The molecule has 0 bridgehead atoms. The van der Waals surface area contributed by atoms with Crippen LogP contribution in [0.2, 0.25) is 0 Å². The van der Waals surface area contributed by atoms with Gasteiger partial charge in [-0.2, -0.15) is 0 Å². The van der Waals surface area contributed by atoms with E-state index in [-0.39, 0.29) is 5.78 Å². The van der Waals surface area contributed by atoms with Gasteiger partial charge in [-0.1, -0.05) is 12.1 Å². The average molecular weight is 217 g/mol. The molecule has 76 valence electrons. The summed E-state index contributed by atoms with van der Waals surface area (Å²) in [5.74, 6) is 0.957. The highest BCUT2D eigenvalue weighted by Gasteiger charge is 2.11. The van der Waals surface area contributed by atoms with Crippen molar-refractivity contribution in [1.82, 2.24) is 4.98 Å². The molecular formula is C12H11NOS. The third kappa shape index (κ3) is 2.36. The van der Waals surface area contributed by atoms with E-state index in [0.29, 0.717) is 0 Å². The van der Waals surface area contributed by atoms with Crippen LogP contribution in [0.3, 0.4) is 0 Å². The summed E-state index contributed by atoms with van der Waals surface area (Å²) in [5, 5.41) is 0. The molecule has 1 aliphatic rings. The van der Waals surface area contributed by atoms with E-state index in [1.807, 2.05) is 30.4 Å². The van der Waals surface area contributed by atoms with Crippen molar-refractivity contribution in [2.45, 2.75) is 6.92 Å². The van der Waals surface area contributed by atoms with E-state index in [4.69, 9.17) is 0 Å². The second-order valence-electron chi connectivity index (χ2n) is 3.28. The van der Waals surface area contributed by atoms with Gasteiger partial charge in [-0.05, 0) is 30.7 Å². The molecule has 0 amide bonds. The van der Waals surface area contributed by atoms with Crippen molar-refractivity contribution in [3.8, 4) is 0 Å². The van der Waals surface area contributed by atoms with Crippen molar-refractivity contribution < 1.29 is 4.79 Å². The minimum Gasteiger partial charge on any atom is -0.294 e. The molecule has 2 heterocycles. The standard InChI is InChI=1S/C12H11NOS/c1-9(14)12-6-5-10(8-15-12)11-4-2-3-7-13-11/h2-7H,8H2,1H3. The van der Waals surface area contributed by atoms with Crippen LogP contribution in [-0.2, 0) is 4.79 Å². The molecule has 1 aromatic rings. The summed E-state index contributed by atoms with van der Waals surface area (Å²) in [6.07, 6.45) is 5.64. The van der Waals surface area contributed by atoms with E-state index in [0.717, 1.165) is 16.4 Å². The number of pyridine rings is 1. The number of thioether (sulfide) groups is 1. The topological polar surface area (TPSA) is 30.0 Å². The Balaban J connectivity index is 2.25. The number of nitrogens with zero attached hydrogens (tertiary/aromatic N) is 1.